The van der Waals surface area contributed by atoms with Crippen molar-refractivity contribution < 1.29 is 19.1 Å². The molecule has 246 valence electrons. The minimum atomic E-state index is -0.594. The van der Waals surface area contributed by atoms with Gasteiger partial charge in [0.15, 0.2) is 0 Å². The molecule has 3 aliphatic rings. The van der Waals surface area contributed by atoms with Crippen molar-refractivity contribution in [1.29, 1.82) is 5.26 Å². The van der Waals surface area contributed by atoms with E-state index in [1.807, 2.05) is 51.6 Å². The Balaban J connectivity index is 1.37. The van der Waals surface area contributed by atoms with E-state index in [1.165, 1.54) is 17.5 Å². The number of thiophene rings is 1. The van der Waals surface area contributed by atoms with Crippen LogP contribution in [-0.4, -0.2) is 76.4 Å². The summed E-state index contributed by atoms with van der Waals surface area (Å²) < 4.78 is 11.7. The molecule has 5 rings (SSSR count). The number of nitrogens with two attached hydrogens (primary N) is 1. The molecule has 11 nitrogen and oxygen atoms in total. The summed E-state index contributed by atoms with van der Waals surface area (Å²) in [6.45, 7) is 9.94. The quantitative estimate of drug-likeness (QED) is 0.143. The lowest BCUT2D eigenvalue weighted by molar-refractivity contribution is 0.0118. The fraction of sp³-hybridized carbons (Fsp3) is 0.588. The van der Waals surface area contributed by atoms with E-state index in [2.05, 4.69) is 28.0 Å². The highest BCUT2D eigenvalue weighted by molar-refractivity contribution is 7.16. The third-order valence-electron chi connectivity index (χ3n) is 8.91. The molecule has 0 aromatic carbocycles. The fourth-order valence-electron chi connectivity index (χ4n) is 6.77. The molecule has 2 aromatic heterocycles. The van der Waals surface area contributed by atoms with E-state index in [0.717, 1.165) is 36.1 Å². The summed E-state index contributed by atoms with van der Waals surface area (Å²) in [7, 11) is 3.77. The molecule has 1 saturated carbocycles. The maximum atomic E-state index is 14.0. The smallest absolute Gasteiger partial charge is 0.410 e. The molecule has 0 spiro atoms. The Hall–Kier alpha value is -3.98. The van der Waals surface area contributed by atoms with Crippen LogP contribution in [0, 0.1) is 23.2 Å². The molecule has 2 fully saturated rings. The number of aromatic nitrogens is 2. The van der Waals surface area contributed by atoms with Crippen molar-refractivity contribution in [3.8, 4) is 12.1 Å². The van der Waals surface area contributed by atoms with Crippen molar-refractivity contribution in [3.05, 3.63) is 45.2 Å². The predicted molar refractivity (Wildman–Crippen MR) is 177 cm³/mol. The van der Waals surface area contributed by atoms with Crippen LogP contribution in [-0.2, 0) is 11.2 Å². The second kappa shape index (κ2) is 13.4. The molecule has 0 bridgehead atoms. The molecule has 2 unspecified atom stereocenters. The number of piperidine rings is 1. The van der Waals surface area contributed by atoms with E-state index in [4.69, 9.17) is 15.2 Å². The molecule has 1 amide bonds. The number of carbonyl (C=O) groups excluding carboxylic acids is 2. The number of ketones is 1. The van der Waals surface area contributed by atoms with E-state index in [-0.39, 0.29) is 48.2 Å². The van der Waals surface area contributed by atoms with Crippen LogP contribution in [0.1, 0.15) is 99.1 Å². The van der Waals surface area contributed by atoms with E-state index in [1.54, 1.807) is 12.4 Å². The lowest BCUT2D eigenvalue weighted by Crippen LogP contribution is -2.45. The number of amides is 1. The summed E-state index contributed by atoms with van der Waals surface area (Å²) in [6, 6.07) is 4.00. The lowest BCUT2D eigenvalue weighted by Gasteiger charge is -2.31. The zero-order valence-electron chi connectivity index (χ0n) is 27.9. The number of nitriles is 1. The summed E-state index contributed by atoms with van der Waals surface area (Å²) in [6.07, 6.45) is 7.38. The first-order valence-corrected chi connectivity index (χ1v) is 16.9. The molecule has 2 N–H and O–H groups in total. The largest absolute Gasteiger partial charge is 0.461 e. The van der Waals surface area contributed by atoms with E-state index in [0.29, 0.717) is 46.5 Å². The second-order valence-corrected chi connectivity index (χ2v) is 14.8. The molecule has 46 heavy (non-hydrogen) atoms. The van der Waals surface area contributed by atoms with Crippen molar-refractivity contribution in [3.63, 3.8) is 0 Å². The normalized spacial score (nSPS) is 24.1. The van der Waals surface area contributed by atoms with Gasteiger partial charge >= 0.3 is 12.1 Å². The van der Waals surface area contributed by atoms with Gasteiger partial charge in [-0.1, -0.05) is 20.3 Å². The number of Topliss-reactive ketones (excluding diaryl/α,β-unsaturated/α-hetero) is 1. The first-order chi connectivity index (χ1) is 21.8. The fourth-order valence-corrected chi connectivity index (χ4v) is 7.96. The minimum absolute atomic E-state index is 0.0750. The van der Waals surface area contributed by atoms with Gasteiger partial charge in [0.25, 0.3) is 0 Å². The molecular formula is C34H45N7O4S. The highest BCUT2D eigenvalue weighted by Crippen LogP contribution is 2.53. The van der Waals surface area contributed by atoms with Crippen LogP contribution in [0.2, 0.25) is 0 Å². The van der Waals surface area contributed by atoms with Crippen molar-refractivity contribution in [2.45, 2.75) is 96.7 Å². The van der Waals surface area contributed by atoms with Gasteiger partial charge in [0.2, 0.25) is 5.78 Å². The Morgan fingerprint density at radius 2 is 2.09 bits per heavy atom. The van der Waals surface area contributed by atoms with Crippen LogP contribution in [0.25, 0.3) is 0 Å². The van der Waals surface area contributed by atoms with Gasteiger partial charge in [-0.3, -0.25) is 9.69 Å². The average molecular weight is 648 g/mol. The van der Waals surface area contributed by atoms with Gasteiger partial charge in [-0.2, -0.15) is 10.2 Å². The van der Waals surface area contributed by atoms with E-state index >= 15 is 0 Å². The maximum Gasteiger partial charge on any atom is 0.410 e. The second-order valence-electron chi connectivity index (χ2n) is 13.7. The van der Waals surface area contributed by atoms with Crippen LogP contribution in [0.15, 0.2) is 28.5 Å². The van der Waals surface area contributed by atoms with Crippen LogP contribution in [0.3, 0.4) is 0 Å². The van der Waals surface area contributed by atoms with Gasteiger partial charge < -0.3 is 20.1 Å². The summed E-state index contributed by atoms with van der Waals surface area (Å²) in [5.41, 5.74) is 8.88. The number of ether oxygens (including phenoxy) is 2. The summed E-state index contributed by atoms with van der Waals surface area (Å²) in [5, 5.41) is 10.8. The number of aryl methyl sites for hydroxylation is 1. The Bertz CT molecular complexity index is 1580. The number of hydrogen-bond donors (Lipinski definition) is 1. The van der Waals surface area contributed by atoms with Crippen molar-refractivity contribution >= 4 is 34.6 Å². The standard InChI is InChI=1S/C34H45N7O4S/c1-8-10-22(28(36)21-11-9-12-26-27(21)24(16-35)31(46-26)38-18-40(6)7)30(42)25-13-14-37-32(39-25)44-17-20-15-23-19(2)29(23)41(20)33(43)45-34(3,4)5/h13-14,18-21,23,29H,8-12,15,17,36H2,1-7H3/t19-,20-,21-,23?,29?/m0/s1. The van der Waals surface area contributed by atoms with Crippen molar-refractivity contribution in [2.75, 3.05) is 20.7 Å². The van der Waals surface area contributed by atoms with Crippen molar-refractivity contribution in [1.82, 2.24) is 19.8 Å². The first-order valence-electron chi connectivity index (χ1n) is 16.1. The van der Waals surface area contributed by atoms with Gasteiger partial charge in [0.05, 0.1) is 17.9 Å². The van der Waals surface area contributed by atoms with Crippen LogP contribution < -0.4 is 10.5 Å². The van der Waals surface area contributed by atoms with E-state index < -0.39 is 5.60 Å². The molecule has 2 aromatic rings. The number of carbonyl (C=O) groups is 2. The number of hydrogen-bond acceptors (Lipinski definition) is 10. The zero-order chi connectivity index (χ0) is 33.3. The first kappa shape index (κ1) is 33.4. The van der Waals surface area contributed by atoms with Gasteiger partial charge in [-0.05, 0) is 76.3 Å². The predicted octanol–water partition coefficient (Wildman–Crippen LogP) is 5.97. The SMILES string of the molecule is CCCC(C(=O)c1ccnc(OC[C@@H]2CC3C([C@H]3C)N2C(=O)OC(C)(C)C)n1)=C(N)[C@H]1CCCc2sc(N=CN(C)C)c(C#N)c21. The number of rotatable bonds is 10. The zero-order valence-corrected chi connectivity index (χ0v) is 28.7. The maximum absolute atomic E-state index is 14.0. The number of aliphatic imine (C=N–C) groups is 1. The highest BCUT2D eigenvalue weighted by atomic mass is 32.1. The Kier molecular flexibility index (Phi) is 9.73. The van der Waals surface area contributed by atoms with Gasteiger partial charge in [0.1, 0.15) is 29.0 Å². The van der Waals surface area contributed by atoms with Gasteiger partial charge in [-0.25, -0.2) is 14.8 Å². The number of allylic oxidation sites excluding steroid dienone is 2. The molecule has 12 heteroatoms. The Labute approximate surface area is 275 Å². The number of nitrogens with zero attached hydrogens (tertiary/aromatic N) is 6. The minimum Gasteiger partial charge on any atom is -0.461 e. The topological polar surface area (TPSA) is 147 Å². The summed E-state index contributed by atoms with van der Waals surface area (Å²) in [5.74, 6) is 0.340. The molecular weight excluding hydrogens is 602 g/mol. The molecule has 1 aliphatic heterocycles. The average Bonchev–Trinajstić information content (AvgIpc) is 3.32. The molecule has 2 aliphatic carbocycles. The van der Waals surface area contributed by atoms with Crippen LogP contribution in [0.5, 0.6) is 6.01 Å². The van der Waals surface area contributed by atoms with Crippen LogP contribution >= 0.6 is 11.3 Å². The van der Waals surface area contributed by atoms with Gasteiger partial charge in [-0.15, -0.1) is 11.3 Å². The highest BCUT2D eigenvalue weighted by Gasteiger charge is 2.61. The third-order valence-corrected chi connectivity index (χ3v) is 10.1. The van der Waals surface area contributed by atoms with E-state index in [9.17, 15) is 14.9 Å². The van der Waals surface area contributed by atoms with Crippen LogP contribution in [0.4, 0.5) is 9.80 Å². The molecule has 0 radical (unpaired) electrons. The number of fused-ring (bicyclic) bond motifs is 2. The Morgan fingerprint density at radius 3 is 2.76 bits per heavy atom. The lowest BCUT2D eigenvalue weighted by atomic mass is 9.80. The Morgan fingerprint density at radius 1 is 1.33 bits per heavy atom. The third kappa shape index (κ3) is 6.89. The molecule has 5 atom stereocenters. The summed E-state index contributed by atoms with van der Waals surface area (Å²) in [4.78, 5) is 45.1. The van der Waals surface area contributed by atoms with Gasteiger partial charge in [0, 0.05) is 48.4 Å². The van der Waals surface area contributed by atoms with Crippen molar-refractivity contribution in [2.24, 2.45) is 22.6 Å². The number of likely N-dealkylation sites (tertiary alicyclic amines) is 1. The molecule has 1 saturated heterocycles. The molecule has 3 heterocycles. The monoisotopic (exact) mass is 647 g/mol. The summed E-state index contributed by atoms with van der Waals surface area (Å²) >= 11 is 1.52.